The third-order valence-electron chi connectivity index (χ3n) is 7.33. The fourth-order valence-electron chi connectivity index (χ4n) is 4.76. The van der Waals surface area contributed by atoms with Crippen molar-refractivity contribution in [3.63, 3.8) is 0 Å². The molecule has 0 bridgehead atoms. The molecule has 0 saturated carbocycles. The number of nitrogens with two attached hydrogens (primary N) is 1. The van der Waals surface area contributed by atoms with Crippen molar-refractivity contribution in [2.24, 2.45) is 5.73 Å². The highest BCUT2D eigenvalue weighted by atomic mass is 33.1. The van der Waals surface area contributed by atoms with E-state index in [1.54, 1.807) is 6.92 Å². The summed E-state index contributed by atoms with van der Waals surface area (Å²) >= 11 is 1.06. The Hall–Kier alpha value is -3.52. The van der Waals surface area contributed by atoms with Crippen LogP contribution in [0.3, 0.4) is 0 Å². The number of hydrogen-bond acceptors (Lipinski definition) is 12. The normalized spacial score (nSPS) is 15.9. The van der Waals surface area contributed by atoms with Crippen LogP contribution in [0.2, 0.25) is 0 Å². The highest BCUT2D eigenvalue weighted by molar-refractivity contribution is 8.77. The summed E-state index contributed by atoms with van der Waals surface area (Å²) in [5.41, 5.74) is 5.55. The Morgan fingerprint density at radius 1 is 0.792 bits per heavy atom. The Balaban J connectivity index is 2.73. The van der Waals surface area contributed by atoms with E-state index >= 15 is 0 Å². The maximum absolute atomic E-state index is 13.2. The van der Waals surface area contributed by atoms with Crippen LogP contribution in [0.25, 0.3) is 0 Å². The highest BCUT2D eigenvalue weighted by Crippen LogP contribution is 2.35. The minimum absolute atomic E-state index is 0.00181. The summed E-state index contributed by atoms with van der Waals surface area (Å²) in [5.74, 6) is -3.87. The first kappa shape index (κ1) is 47.5. The van der Waals surface area contributed by atoms with Crippen molar-refractivity contribution in [3.05, 3.63) is 0 Å². The summed E-state index contributed by atoms with van der Waals surface area (Å²) in [6.07, 6.45) is 1.30. The fourth-order valence-corrected chi connectivity index (χ4v) is 8.43. The molecule has 1 aliphatic rings. The molecule has 300 valence electrons. The molecule has 9 amide bonds. The van der Waals surface area contributed by atoms with Crippen LogP contribution in [0, 0.1) is 0 Å². The molecule has 0 aliphatic carbocycles. The van der Waals surface area contributed by atoms with Gasteiger partial charge in [-0.3, -0.25) is 48.1 Å². The molecule has 4 unspecified atom stereocenters. The highest BCUT2D eigenvalue weighted by Gasteiger charge is 2.39. The van der Waals surface area contributed by atoms with Crippen molar-refractivity contribution in [3.8, 4) is 0 Å². The van der Waals surface area contributed by atoms with E-state index in [4.69, 9.17) is 5.73 Å². The van der Waals surface area contributed by atoms with Gasteiger partial charge in [-0.2, -0.15) is 0 Å². The van der Waals surface area contributed by atoms with Crippen molar-refractivity contribution in [1.82, 2.24) is 36.8 Å². The van der Waals surface area contributed by atoms with Gasteiger partial charge in [0.2, 0.25) is 53.2 Å². The van der Waals surface area contributed by atoms with E-state index in [2.05, 4.69) is 31.9 Å². The Labute approximate surface area is 323 Å². The predicted molar refractivity (Wildman–Crippen MR) is 206 cm³/mol. The molecule has 1 fully saturated rings. The SMILES string of the molecule is CCNC(=O)CCN1C(=O)CC(SCC(NC(C)=O)C(=O)NCCCC(=O)NC(CCCCNC(C)=O)C(=O)NC(CSSC(C)(C)C)C(N)=O)C1=O. The summed E-state index contributed by atoms with van der Waals surface area (Å²) in [6.45, 7) is 11.3. The second-order valence-electron chi connectivity index (χ2n) is 13.3. The molecule has 4 atom stereocenters. The fraction of sp³-hybridized carbons (Fsp3) is 0.727. The molecule has 20 heteroatoms. The quantitative estimate of drug-likeness (QED) is 0.0357. The zero-order valence-electron chi connectivity index (χ0n) is 31.4. The van der Waals surface area contributed by atoms with Crippen molar-refractivity contribution in [2.75, 3.05) is 37.7 Å². The minimum atomic E-state index is -1.03. The number of hydrogen-bond donors (Lipinski definition) is 7. The van der Waals surface area contributed by atoms with Crippen LogP contribution >= 0.6 is 33.3 Å². The zero-order chi connectivity index (χ0) is 40.1. The number of rotatable bonds is 25. The monoisotopic (exact) mass is 804 g/mol. The standard InChI is InChI=1S/C33H56N8O9S3/c1-7-35-26(44)13-16-41-28(46)17-25(32(41)50)51-18-24(38-21(3)43)30(48)37-15-10-12-27(45)39-22(11-8-9-14-36-20(2)42)31(49)40-23(29(34)47)19-52-53-33(4,5)6/h22-25H,7-19H2,1-6H3,(H2,34,47)(H,35,44)(H,36,42)(H,37,48)(H,38,43)(H,39,45)(H,40,49). The first-order valence-electron chi connectivity index (χ1n) is 17.6. The number of likely N-dealkylation sites (tertiary alicyclic amines) is 1. The number of primary amides is 1. The lowest BCUT2D eigenvalue weighted by Gasteiger charge is -2.23. The largest absolute Gasteiger partial charge is 0.368 e. The number of carbonyl (C=O) groups excluding carboxylic acids is 9. The van der Waals surface area contributed by atoms with Gasteiger partial charge in [-0.05, 0) is 32.6 Å². The van der Waals surface area contributed by atoms with Gasteiger partial charge < -0.3 is 37.6 Å². The molecule has 0 aromatic carbocycles. The third-order valence-corrected chi connectivity index (χ3v) is 12.0. The summed E-state index contributed by atoms with van der Waals surface area (Å²) in [6, 6.07) is -2.97. The van der Waals surface area contributed by atoms with Crippen LogP contribution in [0.1, 0.15) is 86.5 Å². The number of nitrogens with one attached hydrogen (secondary N) is 6. The van der Waals surface area contributed by atoms with Crippen LogP contribution in [0.15, 0.2) is 0 Å². The molecule has 8 N–H and O–H groups in total. The average Bonchev–Trinajstić information content (AvgIpc) is 3.32. The summed E-state index contributed by atoms with van der Waals surface area (Å²) in [5, 5.41) is 15.1. The first-order valence-corrected chi connectivity index (χ1v) is 20.9. The van der Waals surface area contributed by atoms with Crippen molar-refractivity contribution in [1.29, 1.82) is 0 Å². The van der Waals surface area contributed by atoms with Gasteiger partial charge in [0, 0.05) is 75.5 Å². The van der Waals surface area contributed by atoms with Gasteiger partial charge in [0.25, 0.3) is 0 Å². The third kappa shape index (κ3) is 20.5. The van der Waals surface area contributed by atoms with Crippen LogP contribution in [-0.2, 0) is 43.2 Å². The van der Waals surface area contributed by atoms with Gasteiger partial charge in [-0.15, -0.1) is 11.8 Å². The molecule has 1 saturated heterocycles. The smallest absolute Gasteiger partial charge is 0.243 e. The van der Waals surface area contributed by atoms with Crippen molar-refractivity contribution in [2.45, 2.75) is 115 Å². The average molecular weight is 805 g/mol. The summed E-state index contributed by atoms with van der Waals surface area (Å²) < 4.78 is -0.0828. The van der Waals surface area contributed by atoms with Crippen molar-refractivity contribution < 1.29 is 43.2 Å². The van der Waals surface area contributed by atoms with Crippen LogP contribution in [0.4, 0.5) is 0 Å². The Bertz CT molecular complexity index is 1310. The molecule has 1 aliphatic heterocycles. The van der Waals surface area contributed by atoms with E-state index in [0.717, 1.165) is 16.7 Å². The number of amides is 9. The molecule has 0 aromatic heterocycles. The zero-order valence-corrected chi connectivity index (χ0v) is 33.9. The van der Waals surface area contributed by atoms with Crippen LogP contribution in [-0.4, -0.2) is 124 Å². The lowest BCUT2D eigenvalue weighted by molar-refractivity contribution is -0.138. The first-order chi connectivity index (χ1) is 24.8. The molecule has 1 rings (SSSR count). The van der Waals surface area contributed by atoms with E-state index in [0.29, 0.717) is 25.9 Å². The molecular formula is C33H56N8O9S3. The number of nitrogens with zero attached hydrogens (tertiary/aromatic N) is 1. The lowest BCUT2D eigenvalue weighted by atomic mass is 10.1. The van der Waals surface area contributed by atoms with Crippen LogP contribution in [0.5, 0.6) is 0 Å². The number of unbranched alkanes of at least 4 members (excludes halogenated alkanes) is 1. The predicted octanol–water partition coefficient (Wildman–Crippen LogP) is -0.284. The molecule has 1 heterocycles. The van der Waals surface area contributed by atoms with E-state index < -0.39 is 64.7 Å². The second-order valence-corrected chi connectivity index (χ2v) is 17.7. The Morgan fingerprint density at radius 2 is 1.47 bits per heavy atom. The van der Waals surface area contributed by atoms with Gasteiger partial charge in [0.1, 0.15) is 18.1 Å². The van der Waals surface area contributed by atoms with E-state index in [1.165, 1.54) is 35.4 Å². The molecule has 17 nitrogen and oxygen atoms in total. The second kappa shape index (κ2) is 24.7. The van der Waals surface area contributed by atoms with Gasteiger partial charge in [-0.25, -0.2) is 0 Å². The number of imide groups is 1. The molecular weight excluding hydrogens is 749 g/mol. The van der Waals surface area contributed by atoms with Gasteiger partial charge in [0.15, 0.2) is 0 Å². The van der Waals surface area contributed by atoms with E-state index in [9.17, 15) is 43.2 Å². The number of carbonyl (C=O) groups is 9. The molecule has 0 spiro atoms. The van der Waals surface area contributed by atoms with Gasteiger partial charge >= 0.3 is 0 Å². The van der Waals surface area contributed by atoms with E-state index in [1.807, 2.05) is 20.8 Å². The summed E-state index contributed by atoms with van der Waals surface area (Å²) in [4.78, 5) is 112. The Kier molecular flexibility index (Phi) is 22.2. The maximum Gasteiger partial charge on any atom is 0.243 e. The lowest BCUT2D eigenvalue weighted by Crippen LogP contribution is -2.53. The molecule has 0 aromatic rings. The summed E-state index contributed by atoms with van der Waals surface area (Å²) in [7, 11) is 2.94. The Morgan fingerprint density at radius 3 is 2.08 bits per heavy atom. The van der Waals surface area contributed by atoms with E-state index in [-0.39, 0.29) is 73.3 Å². The number of thioether (sulfide) groups is 1. The topological polar surface area (TPSA) is 255 Å². The minimum Gasteiger partial charge on any atom is -0.368 e. The van der Waals surface area contributed by atoms with Crippen LogP contribution < -0.4 is 37.6 Å². The molecule has 0 radical (unpaired) electrons. The van der Waals surface area contributed by atoms with Gasteiger partial charge in [-0.1, -0.05) is 42.4 Å². The van der Waals surface area contributed by atoms with Crippen molar-refractivity contribution >= 4 is 86.5 Å². The van der Waals surface area contributed by atoms with Gasteiger partial charge in [0.05, 0.1) is 5.25 Å². The maximum atomic E-state index is 13.2. The molecule has 53 heavy (non-hydrogen) atoms.